The van der Waals surface area contributed by atoms with Gasteiger partial charge in [-0.05, 0) is 56.5 Å². The van der Waals surface area contributed by atoms with Crippen LogP contribution in [0.1, 0.15) is 41.4 Å². The molecular formula is C31H36FN5O3S. The number of piperazine rings is 1. The lowest BCUT2D eigenvalue weighted by molar-refractivity contribution is -0.149. The molecule has 3 aromatic rings. The molecule has 2 aliphatic heterocycles. The van der Waals surface area contributed by atoms with Crippen molar-refractivity contribution >= 4 is 35.1 Å². The summed E-state index contributed by atoms with van der Waals surface area (Å²) in [5.74, 6) is 0.843. The predicted octanol–water partition coefficient (Wildman–Crippen LogP) is 4.96. The Bertz CT molecular complexity index is 1360. The van der Waals surface area contributed by atoms with E-state index in [2.05, 4.69) is 14.8 Å². The lowest BCUT2D eigenvalue weighted by Gasteiger charge is -2.37. The van der Waals surface area contributed by atoms with Crippen LogP contribution in [0.2, 0.25) is 0 Å². The number of esters is 1. The van der Waals surface area contributed by atoms with Gasteiger partial charge in [0.25, 0.3) is 5.91 Å². The van der Waals surface area contributed by atoms with Gasteiger partial charge in [-0.25, -0.2) is 14.4 Å². The fourth-order valence-corrected chi connectivity index (χ4v) is 6.18. The smallest absolute Gasteiger partial charge is 0.310 e. The second-order valence-corrected chi connectivity index (χ2v) is 11.3. The highest BCUT2D eigenvalue weighted by Gasteiger charge is 2.30. The molecule has 0 aliphatic carbocycles. The Labute approximate surface area is 244 Å². The fourth-order valence-electron chi connectivity index (χ4n) is 5.32. The van der Waals surface area contributed by atoms with Crippen molar-refractivity contribution in [3.8, 4) is 0 Å². The van der Waals surface area contributed by atoms with Crippen molar-refractivity contribution in [1.29, 1.82) is 0 Å². The van der Waals surface area contributed by atoms with E-state index in [1.54, 1.807) is 29.7 Å². The number of carbonyl (C=O) groups excluding carboxylic acids is 2. The van der Waals surface area contributed by atoms with Gasteiger partial charge in [0.15, 0.2) is 5.16 Å². The van der Waals surface area contributed by atoms with Crippen LogP contribution in [0.3, 0.4) is 0 Å². The van der Waals surface area contributed by atoms with Gasteiger partial charge in [-0.2, -0.15) is 0 Å². The molecule has 10 heteroatoms. The number of rotatable bonds is 8. The van der Waals surface area contributed by atoms with Crippen molar-refractivity contribution in [3.63, 3.8) is 0 Å². The van der Waals surface area contributed by atoms with Gasteiger partial charge < -0.3 is 19.4 Å². The Kier molecular flexibility index (Phi) is 9.38. The minimum atomic E-state index is -0.252. The quantitative estimate of drug-likeness (QED) is 0.211. The van der Waals surface area contributed by atoms with Gasteiger partial charge in [-0.1, -0.05) is 36.0 Å². The van der Waals surface area contributed by atoms with E-state index in [1.807, 2.05) is 49.4 Å². The first-order valence-corrected chi connectivity index (χ1v) is 15.2. The first-order chi connectivity index (χ1) is 19.9. The molecule has 0 radical (unpaired) electrons. The van der Waals surface area contributed by atoms with Gasteiger partial charge in [0, 0.05) is 62.3 Å². The van der Waals surface area contributed by atoms with E-state index in [9.17, 15) is 14.0 Å². The molecule has 41 heavy (non-hydrogen) atoms. The first-order valence-electron chi connectivity index (χ1n) is 14.2. The van der Waals surface area contributed by atoms with E-state index in [4.69, 9.17) is 9.72 Å². The van der Waals surface area contributed by atoms with E-state index in [1.165, 1.54) is 6.07 Å². The number of aryl methyl sites for hydroxylation is 1. The second kappa shape index (κ2) is 13.3. The second-order valence-electron chi connectivity index (χ2n) is 10.4. The lowest BCUT2D eigenvalue weighted by Crippen LogP contribution is -2.47. The van der Waals surface area contributed by atoms with Crippen LogP contribution < -0.4 is 9.80 Å². The maximum atomic E-state index is 14.2. The molecule has 3 heterocycles. The normalized spacial score (nSPS) is 17.4. The number of aromatic nitrogens is 2. The average Bonchev–Trinajstić information content (AvgIpc) is 3.00. The summed E-state index contributed by atoms with van der Waals surface area (Å²) in [6.45, 7) is 8.12. The molecule has 8 nitrogen and oxygen atoms in total. The number of para-hydroxylation sites is 1. The van der Waals surface area contributed by atoms with Gasteiger partial charge in [-0.3, -0.25) is 9.59 Å². The zero-order chi connectivity index (χ0) is 28.8. The van der Waals surface area contributed by atoms with Crippen LogP contribution in [0.4, 0.5) is 15.9 Å². The van der Waals surface area contributed by atoms with Gasteiger partial charge >= 0.3 is 5.97 Å². The van der Waals surface area contributed by atoms with Crippen LogP contribution in [0.5, 0.6) is 0 Å². The third kappa shape index (κ3) is 7.16. The van der Waals surface area contributed by atoms with Crippen LogP contribution in [0.25, 0.3) is 0 Å². The number of nitrogens with zero attached hydrogens (tertiary/aromatic N) is 5. The van der Waals surface area contributed by atoms with E-state index in [0.717, 1.165) is 56.1 Å². The molecule has 5 rings (SSSR count). The summed E-state index contributed by atoms with van der Waals surface area (Å²) in [4.78, 5) is 40.7. The van der Waals surface area contributed by atoms with Gasteiger partial charge in [0.1, 0.15) is 11.6 Å². The summed E-state index contributed by atoms with van der Waals surface area (Å²) < 4.78 is 19.4. The molecule has 0 bridgehead atoms. The average molecular weight is 578 g/mol. The summed E-state index contributed by atoms with van der Waals surface area (Å²) >= 11 is 1.56. The van der Waals surface area contributed by atoms with Crippen molar-refractivity contribution in [2.45, 2.75) is 37.6 Å². The number of piperidine rings is 1. The predicted molar refractivity (Wildman–Crippen MR) is 159 cm³/mol. The summed E-state index contributed by atoms with van der Waals surface area (Å²) in [6, 6.07) is 16.5. The zero-order valence-corrected chi connectivity index (χ0v) is 24.4. The number of amides is 1. The SMILES string of the molecule is CCOC(=O)[C@H]1CCCN(C(=O)c2ccc(CSc3nc(C)cc(N4CCN(c5ccccc5F)CC4)n3)cc2)C1. The van der Waals surface area contributed by atoms with Gasteiger partial charge in [0.05, 0.1) is 18.2 Å². The summed E-state index contributed by atoms with van der Waals surface area (Å²) in [6.07, 6.45) is 1.55. The number of hydrogen-bond donors (Lipinski definition) is 0. The Morgan fingerprint density at radius 2 is 1.73 bits per heavy atom. The number of hydrogen-bond acceptors (Lipinski definition) is 8. The van der Waals surface area contributed by atoms with E-state index >= 15 is 0 Å². The molecule has 0 spiro atoms. The number of carbonyl (C=O) groups is 2. The molecule has 1 amide bonds. The molecule has 2 aromatic carbocycles. The van der Waals surface area contributed by atoms with Crippen molar-refractivity contribution in [2.75, 3.05) is 55.7 Å². The van der Waals surface area contributed by atoms with E-state index in [-0.39, 0.29) is 23.6 Å². The highest BCUT2D eigenvalue weighted by Crippen LogP contribution is 2.26. The summed E-state index contributed by atoms with van der Waals surface area (Å²) in [5, 5.41) is 0.704. The van der Waals surface area contributed by atoms with Crippen LogP contribution >= 0.6 is 11.8 Å². The minimum Gasteiger partial charge on any atom is -0.466 e. The molecule has 2 fully saturated rings. The van der Waals surface area contributed by atoms with Crippen molar-refractivity contribution in [2.24, 2.45) is 5.92 Å². The molecular weight excluding hydrogens is 541 g/mol. The number of halogens is 1. The molecule has 2 saturated heterocycles. The minimum absolute atomic E-state index is 0.0556. The molecule has 2 aliphatic rings. The maximum Gasteiger partial charge on any atom is 0.310 e. The molecule has 216 valence electrons. The van der Waals surface area contributed by atoms with Gasteiger partial charge in [0.2, 0.25) is 0 Å². The molecule has 0 saturated carbocycles. The number of anilines is 2. The summed E-state index contributed by atoms with van der Waals surface area (Å²) in [5.41, 5.74) is 3.23. The molecule has 1 aromatic heterocycles. The van der Waals surface area contributed by atoms with Gasteiger partial charge in [-0.15, -0.1) is 0 Å². The monoisotopic (exact) mass is 577 g/mol. The van der Waals surface area contributed by atoms with Crippen LogP contribution in [0.15, 0.2) is 59.8 Å². The van der Waals surface area contributed by atoms with Crippen molar-refractivity contribution < 1.29 is 18.7 Å². The third-order valence-electron chi connectivity index (χ3n) is 7.51. The fraction of sp³-hybridized carbons (Fsp3) is 0.419. The zero-order valence-electron chi connectivity index (χ0n) is 23.6. The maximum absolute atomic E-state index is 14.2. The Balaban J connectivity index is 1.16. The summed E-state index contributed by atoms with van der Waals surface area (Å²) in [7, 11) is 0. The largest absolute Gasteiger partial charge is 0.466 e. The van der Waals surface area contributed by atoms with Crippen LogP contribution in [-0.4, -0.2) is 72.6 Å². The highest BCUT2D eigenvalue weighted by molar-refractivity contribution is 7.98. The third-order valence-corrected chi connectivity index (χ3v) is 8.43. The van der Waals surface area contributed by atoms with Crippen molar-refractivity contribution in [1.82, 2.24) is 14.9 Å². The first kappa shape index (κ1) is 28.9. The molecule has 0 unspecified atom stereocenters. The molecule has 0 N–H and O–H groups in total. The van der Waals surface area contributed by atoms with Crippen LogP contribution in [-0.2, 0) is 15.3 Å². The van der Waals surface area contributed by atoms with Crippen LogP contribution in [0, 0.1) is 18.7 Å². The number of thioether (sulfide) groups is 1. The van der Waals surface area contributed by atoms with E-state index in [0.29, 0.717) is 41.9 Å². The number of ether oxygens (including phenoxy) is 1. The van der Waals surface area contributed by atoms with Crippen molar-refractivity contribution in [3.05, 3.63) is 77.2 Å². The number of benzene rings is 2. The lowest BCUT2D eigenvalue weighted by atomic mass is 9.97. The Morgan fingerprint density at radius 3 is 2.46 bits per heavy atom. The molecule has 1 atom stereocenters. The number of likely N-dealkylation sites (tertiary alicyclic amines) is 1. The standard InChI is InChI=1S/C31H36FN5O3S/c1-3-40-30(39)25-7-6-14-37(20-25)29(38)24-12-10-23(11-13-24)21-41-31-33-22(2)19-28(34-31)36-17-15-35(16-18-36)27-9-5-4-8-26(27)32/h4-5,8-13,19,25H,3,6-7,14-18,20-21H2,1-2H3/t25-/m0/s1. The topological polar surface area (TPSA) is 78.9 Å². The van der Waals surface area contributed by atoms with E-state index < -0.39 is 0 Å². The Morgan fingerprint density at radius 1 is 1.00 bits per heavy atom. The Hall–Kier alpha value is -3.66. The highest BCUT2D eigenvalue weighted by atomic mass is 32.2.